The second-order valence-electron chi connectivity index (χ2n) is 4.71. The molecular weight excluding hydrogens is 238 g/mol. The van der Waals surface area contributed by atoms with Crippen molar-refractivity contribution in [1.82, 2.24) is 10.3 Å². The molecule has 4 nitrogen and oxygen atoms in total. The van der Waals surface area contributed by atoms with E-state index < -0.39 is 0 Å². The van der Waals surface area contributed by atoms with Gasteiger partial charge in [-0.3, -0.25) is 4.98 Å². The van der Waals surface area contributed by atoms with Crippen LogP contribution in [0.4, 0.5) is 5.69 Å². The number of pyridine rings is 1. The number of nitrogens with one attached hydrogen (secondary N) is 1. The van der Waals surface area contributed by atoms with Crippen molar-refractivity contribution in [2.75, 3.05) is 18.5 Å². The lowest BCUT2D eigenvalue weighted by Crippen LogP contribution is -2.20. The Labute approximate surface area is 114 Å². The molecule has 2 aromatic rings. The molecule has 19 heavy (non-hydrogen) atoms. The normalized spacial score (nSPS) is 12.4. The molecule has 0 aliphatic carbocycles. The molecular formula is C15H21N3O. The first-order valence-corrected chi connectivity index (χ1v) is 6.62. The quantitative estimate of drug-likeness (QED) is 0.866. The molecule has 0 radical (unpaired) electrons. The molecule has 102 valence electrons. The number of rotatable bonds is 6. The van der Waals surface area contributed by atoms with Crippen LogP contribution >= 0.6 is 0 Å². The zero-order chi connectivity index (χ0) is 13.7. The first-order chi connectivity index (χ1) is 9.20. The van der Waals surface area contributed by atoms with Crippen LogP contribution in [0.15, 0.2) is 41.3 Å². The highest BCUT2D eigenvalue weighted by Crippen LogP contribution is 2.17. The van der Waals surface area contributed by atoms with E-state index in [2.05, 4.69) is 48.2 Å². The van der Waals surface area contributed by atoms with Crippen molar-refractivity contribution in [2.45, 2.75) is 26.4 Å². The molecule has 0 amide bonds. The van der Waals surface area contributed by atoms with Crippen molar-refractivity contribution in [2.24, 2.45) is 0 Å². The minimum atomic E-state index is 0.290. The van der Waals surface area contributed by atoms with E-state index in [0.717, 1.165) is 30.0 Å². The molecule has 0 saturated carbocycles. The van der Waals surface area contributed by atoms with Gasteiger partial charge in [-0.15, -0.1) is 0 Å². The maximum Gasteiger partial charge on any atom is 0.0952 e. The third-order valence-electron chi connectivity index (χ3n) is 3.17. The van der Waals surface area contributed by atoms with E-state index in [-0.39, 0.29) is 0 Å². The molecule has 0 aromatic carbocycles. The third-order valence-corrected chi connectivity index (χ3v) is 3.17. The minimum Gasteiger partial charge on any atom is -0.472 e. The summed E-state index contributed by atoms with van der Waals surface area (Å²) in [6.07, 6.45) is 5.39. The first-order valence-electron chi connectivity index (χ1n) is 6.62. The summed E-state index contributed by atoms with van der Waals surface area (Å²) in [5.41, 5.74) is 3.34. The fraction of sp³-hybridized carbons (Fsp3) is 0.400. The SMILES string of the molecule is CCNC(C)c1ccc(N(C)Cc2ccoc2)cn1. The van der Waals surface area contributed by atoms with Gasteiger partial charge in [0.1, 0.15) is 0 Å². The zero-order valence-electron chi connectivity index (χ0n) is 11.8. The molecule has 0 spiro atoms. The van der Waals surface area contributed by atoms with Crippen LogP contribution in [-0.2, 0) is 6.54 Å². The average Bonchev–Trinajstić information content (AvgIpc) is 2.92. The summed E-state index contributed by atoms with van der Waals surface area (Å²) >= 11 is 0. The molecule has 0 fully saturated rings. The molecule has 1 N–H and O–H groups in total. The van der Waals surface area contributed by atoms with Crippen LogP contribution in [0.25, 0.3) is 0 Å². The average molecular weight is 259 g/mol. The summed E-state index contributed by atoms with van der Waals surface area (Å²) in [7, 11) is 2.05. The summed E-state index contributed by atoms with van der Waals surface area (Å²) in [5.74, 6) is 0. The predicted molar refractivity (Wildman–Crippen MR) is 77.1 cm³/mol. The number of hydrogen-bond donors (Lipinski definition) is 1. The van der Waals surface area contributed by atoms with Gasteiger partial charge in [0, 0.05) is 25.2 Å². The Bertz CT molecular complexity index is 479. The number of furan rings is 1. The van der Waals surface area contributed by atoms with E-state index in [4.69, 9.17) is 4.42 Å². The van der Waals surface area contributed by atoms with Gasteiger partial charge in [-0.1, -0.05) is 6.92 Å². The Hall–Kier alpha value is -1.81. The first kappa shape index (κ1) is 13.6. The van der Waals surface area contributed by atoms with Crippen molar-refractivity contribution in [3.8, 4) is 0 Å². The lowest BCUT2D eigenvalue weighted by atomic mass is 10.2. The van der Waals surface area contributed by atoms with E-state index >= 15 is 0 Å². The highest BCUT2D eigenvalue weighted by atomic mass is 16.3. The monoisotopic (exact) mass is 259 g/mol. The van der Waals surface area contributed by atoms with E-state index in [1.165, 1.54) is 0 Å². The summed E-state index contributed by atoms with van der Waals surface area (Å²) in [5, 5.41) is 3.36. The molecule has 4 heteroatoms. The lowest BCUT2D eigenvalue weighted by Gasteiger charge is -2.19. The van der Waals surface area contributed by atoms with E-state index in [9.17, 15) is 0 Å². The van der Waals surface area contributed by atoms with Crippen molar-refractivity contribution in [3.63, 3.8) is 0 Å². The van der Waals surface area contributed by atoms with E-state index in [0.29, 0.717) is 6.04 Å². The van der Waals surface area contributed by atoms with Crippen LogP contribution in [0.3, 0.4) is 0 Å². The molecule has 2 aromatic heterocycles. The fourth-order valence-electron chi connectivity index (χ4n) is 2.04. The van der Waals surface area contributed by atoms with Crippen molar-refractivity contribution in [1.29, 1.82) is 0 Å². The van der Waals surface area contributed by atoms with Crippen molar-refractivity contribution < 1.29 is 4.42 Å². The van der Waals surface area contributed by atoms with Gasteiger partial charge in [-0.25, -0.2) is 0 Å². The Morgan fingerprint density at radius 1 is 1.37 bits per heavy atom. The van der Waals surface area contributed by atoms with Crippen LogP contribution in [-0.4, -0.2) is 18.6 Å². The third kappa shape index (κ3) is 3.58. The molecule has 0 bridgehead atoms. The van der Waals surface area contributed by atoms with Crippen molar-refractivity contribution in [3.05, 3.63) is 48.2 Å². The van der Waals surface area contributed by atoms with Crippen LogP contribution in [0, 0.1) is 0 Å². The van der Waals surface area contributed by atoms with Gasteiger partial charge in [0.25, 0.3) is 0 Å². The van der Waals surface area contributed by atoms with Gasteiger partial charge in [0.15, 0.2) is 0 Å². The second kappa shape index (κ2) is 6.38. The molecule has 1 unspecified atom stereocenters. The highest BCUT2D eigenvalue weighted by Gasteiger charge is 2.07. The number of anilines is 1. The standard InChI is InChI=1S/C15H21N3O/c1-4-16-12(2)15-6-5-14(9-17-15)18(3)10-13-7-8-19-11-13/h5-9,11-12,16H,4,10H2,1-3H3. The summed E-state index contributed by atoms with van der Waals surface area (Å²) in [4.78, 5) is 6.67. The Kier molecular flexibility index (Phi) is 4.58. The lowest BCUT2D eigenvalue weighted by molar-refractivity contribution is 0.563. The van der Waals surface area contributed by atoms with Crippen LogP contribution < -0.4 is 10.2 Å². The number of nitrogens with zero attached hydrogens (tertiary/aromatic N) is 2. The highest BCUT2D eigenvalue weighted by molar-refractivity contribution is 5.44. The van der Waals surface area contributed by atoms with Gasteiger partial charge in [0.05, 0.1) is 30.1 Å². The van der Waals surface area contributed by atoms with E-state index in [1.54, 1.807) is 12.5 Å². The maximum absolute atomic E-state index is 5.08. The summed E-state index contributed by atoms with van der Waals surface area (Å²) < 4.78 is 5.08. The second-order valence-corrected chi connectivity index (χ2v) is 4.71. The zero-order valence-corrected chi connectivity index (χ0v) is 11.8. The maximum atomic E-state index is 5.08. The Balaban J connectivity index is 2.01. The van der Waals surface area contributed by atoms with Crippen molar-refractivity contribution >= 4 is 5.69 Å². The molecule has 0 aliphatic rings. The fourth-order valence-corrected chi connectivity index (χ4v) is 2.04. The molecule has 0 aliphatic heterocycles. The van der Waals surface area contributed by atoms with Crippen LogP contribution in [0.5, 0.6) is 0 Å². The predicted octanol–water partition coefficient (Wildman–Crippen LogP) is 2.98. The van der Waals surface area contributed by atoms with Gasteiger partial charge in [-0.05, 0) is 31.7 Å². The largest absolute Gasteiger partial charge is 0.472 e. The van der Waals surface area contributed by atoms with Gasteiger partial charge in [-0.2, -0.15) is 0 Å². The minimum absolute atomic E-state index is 0.290. The summed E-state index contributed by atoms with van der Waals surface area (Å²) in [6.45, 7) is 6.00. The summed E-state index contributed by atoms with van der Waals surface area (Å²) in [6, 6.07) is 6.45. The molecule has 2 heterocycles. The number of hydrogen-bond acceptors (Lipinski definition) is 4. The topological polar surface area (TPSA) is 41.3 Å². The van der Waals surface area contributed by atoms with Gasteiger partial charge < -0.3 is 14.6 Å². The molecule has 2 rings (SSSR count). The Morgan fingerprint density at radius 3 is 2.79 bits per heavy atom. The van der Waals surface area contributed by atoms with Crippen LogP contribution in [0.1, 0.15) is 31.1 Å². The number of aromatic nitrogens is 1. The smallest absolute Gasteiger partial charge is 0.0952 e. The Morgan fingerprint density at radius 2 is 2.21 bits per heavy atom. The van der Waals surface area contributed by atoms with Gasteiger partial charge in [0.2, 0.25) is 0 Å². The van der Waals surface area contributed by atoms with Gasteiger partial charge >= 0.3 is 0 Å². The molecule has 0 saturated heterocycles. The van der Waals surface area contributed by atoms with Crippen LogP contribution in [0.2, 0.25) is 0 Å². The molecule has 1 atom stereocenters. The van der Waals surface area contributed by atoms with E-state index in [1.807, 2.05) is 12.3 Å².